The minimum Gasteiger partial charge on any atom is -0.494 e. The van der Waals surface area contributed by atoms with Crippen LogP contribution in [-0.4, -0.2) is 12.1 Å². The molecule has 0 atom stereocenters. The Labute approximate surface area is 122 Å². The molecule has 5 heteroatoms. The van der Waals surface area contributed by atoms with Crippen molar-refractivity contribution in [2.24, 2.45) is 5.73 Å². The summed E-state index contributed by atoms with van der Waals surface area (Å²) in [6.07, 6.45) is 0. The molecule has 3 nitrogen and oxygen atoms in total. The molecule has 0 aliphatic carbocycles. The van der Waals surface area contributed by atoms with Crippen molar-refractivity contribution < 1.29 is 9.13 Å². The van der Waals surface area contributed by atoms with Gasteiger partial charge in [0.2, 0.25) is 0 Å². The maximum atomic E-state index is 13.3. The molecule has 0 radical (unpaired) electrons. The first-order valence-corrected chi connectivity index (χ1v) is 6.43. The highest BCUT2D eigenvalue weighted by Gasteiger charge is 2.06. The van der Waals surface area contributed by atoms with E-state index in [-0.39, 0.29) is 5.75 Å². The molecule has 0 aliphatic heterocycles. The second-order valence-corrected chi connectivity index (χ2v) is 4.81. The van der Waals surface area contributed by atoms with Crippen LogP contribution in [0.1, 0.15) is 11.1 Å². The van der Waals surface area contributed by atoms with Gasteiger partial charge in [-0.3, -0.25) is 0 Å². The zero-order chi connectivity index (χ0) is 14.7. The molecule has 0 fully saturated rings. The Morgan fingerprint density at radius 3 is 2.45 bits per heavy atom. The number of benzene rings is 2. The molecule has 2 aromatic rings. The lowest BCUT2D eigenvalue weighted by molar-refractivity contribution is 0.387. The zero-order valence-corrected chi connectivity index (χ0v) is 12.1. The van der Waals surface area contributed by atoms with Gasteiger partial charge in [0.25, 0.3) is 0 Å². The lowest BCUT2D eigenvalue weighted by Crippen LogP contribution is -2.11. The molecule has 0 unspecified atom stereocenters. The standard InChI is InChI=1S/C15H15FN2OS/c1-9-7-10(3-5-12(9)15(17)20)18-11-4-6-13(16)14(8-11)19-2/h3-8,18H,1-2H3,(H2,17,20). The summed E-state index contributed by atoms with van der Waals surface area (Å²) in [5, 5.41) is 3.18. The number of hydrogen-bond donors (Lipinski definition) is 2. The van der Waals surface area contributed by atoms with Gasteiger partial charge < -0.3 is 15.8 Å². The van der Waals surface area contributed by atoms with E-state index in [0.717, 1.165) is 22.5 Å². The Bertz CT molecular complexity index is 658. The van der Waals surface area contributed by atoms with Crippen LogP contribution in [0.15, 0.2) is 36.4 Å². The third-order valence-corrected chi connectivity index (χ3v) is 3.15. The molecular weight excluding hydrogens is 275 g/mol. The predicted molar refractivity (Wildman–Crippen MR) is 83.3 cm³/mol. The zero-order valence-electron chi connectivity index (χ0n) is 11.2. The minimum absolute atomic E-state index is 0.200. The van der Waals surface area contributed by atoms with E-state index in [2.05, 4.69) is 5.32 Å². The summed E-state index contributed by atoms with van der Waals surface area (Å²) < 4.78 is 18.3. The predicted octanol–water partition coefficient (Wildman–Crippen LogP) is 3.52. The van der Waals surface area contributed by atoms with Crippen molar-refractivity contribution in [2.75, 3.05) is 12.4 Å². The number of hydrogen-bond acceptors (Lipinski definition) is 3. The Kier molecular flexibility index (Phi) is 4.20. The number of halogens is 1. The normalized spacial score (nSPS) is 10.2. The van der Waals surface area contributed by atoms with Crippen LogP contribution in [-0.2, 0) is 0 Å². The summed E-state index contributed by atoms with van der Waals surface area (Å²) in [7, 11) is 1.43. The van der Waals surface area contributed by atoms with E-state index < -0.39 is 5.82 Å². The maximum absolute atomic E-state index is 13.3. The number of ether oxygens (including phenoxy) is 1. The molecule has 0 saturated heterocycles. The molecule has 0 bridgehead atoms. The molecule has 2 rings (SSSR count). The van der Waals surface area contributed by atoms with E-state index in [0.29, 0.717) is 4.99 Å². The first-order chi connectivity index (χ1) is 9.51. The van der Waals surface area contributed by atoms with Gasteiger partial charge in [-0.2, -0.15) is 0 Å². The molecule has 0 spiro atoms. The summed E-state index contributed by atoms with van der Waals surface area (Å²) in [6.45, 7) is 1.94. The Balaban J connectivity index is 2.26. The molecule has 0 aliphatic rings. The van der Waals surface area contributed by atoms with Crippen LogP contribution in [0.2, 0.25) is 0 Å². The lowest BCUT2D eigenvalue weighted by Gasteiger charge is -2.11. The van der Waals surface area contributed by atoms with Crippen molar-refractivity contribution in [3.8, 4) is 5.75 Å². The SMILES string of the molecule is COc1cc(Nc2ccc(C(N)=S)c(C)c2)ccc1F. The maximum Gasteiger partial charge on any atom is 0.165 e. The molecule has 0 heterocycles. The van der Waals surface area contributed by atoms with Gasteiger partial charge in [0.15, 0.2) is 11.6 Å². The van der Waals surface area contributed by atoms with Crippen LogP contribution in [0.3, 0.4) is 0 Å². The third-order valence-electron chi connectivity index (χ3n) is 2.93. The molecule has 0 amide bonds. The highest BCUT2D eigenvalue weighted by atomic mass is 32.1. The van der Waals surface area contributed by atoms with E-state index in [9.17, 15) is 4.39 Å². The van der Waals surface area contributed by atoms with E-state index in [4.69, 9.17) is 22.7 Å². The molecule has 0 saturated carbocycles. The smallest absolute Gasteiger partial charge is 0.165 e. The molecule has 3 N–H and O–H groups in total. The highest BCUT2D eigenvalue weighted by molar-refractivity contribution is 7.80. The van der Waals surface area contributed by atoms with E-state index in [1.54, 1.807) is 12.1 Å². The largest absolute Gasteiger partial charge is 0.494 e. The summed E-state index contributed by atoms with van der Waals surface area (Å²) in [6, 6.07) is 10.3. The van der Waals surface area contributed by atoms with Gasteiger partial charge in [0.1, 0.15) is 4.99 Å². The number of nitrogens with two attached hydrogens (primary N) is 1. The Morgan fingerprint density at radius 2 is 1.85 bits per heavy atom. The van der Waals surface area contributed by atoms with Gasteiger partial charge >= 0.3 is 0 Å². The van der Waals surface area contributed by atoms with Gasteiger partial charge in [-0.05, 0) is 42.8 Å². The summed E-state index contributed by atoms with van der Waals surface area (Å²) >= 11 is 4.97. The number of nitrogens with one attached hydrogen (secondary N) is 1. The van der Waals surface area contributed by atoms with E-state index in [1.165, 1.54) is 13.2 Å². The van der Waals surface area contributed by atoms with E-state index in [1.807, 2.05) is 25.1 Å². The van der Waals surface area contributed by atoms with Crippen molar-refractivity contribution in [2.45, 2.75) is 6.92 Å². The van der Waals surface area contributed by atoms with Gasteiger partial charge in [-0.1, -0.05) is 12.2 Å². The highest BCUT2D eigenvalue weighted by Crippen LogP contribution is 2.25. The minimum atomic E-state index is -0.391. The fraction of sp³-hybridized carbons (Fsp3) is 0.133. The van der Waals surface area contributed by atoms with Gasteiger partial charge in [0, 0.05) is 23.0 Å². The molecule has 20 heavy (non-hydrogen) atoms. The van der Waals surface area contributed by atoms with Crippen molar-refractivity contribution in [1.82, 2.24) is 0 Å². The quantitative estimate of drug-likeness (QED) is 0.846. The van der Waals surface area contributed by atoms with Crippen molar-refractivity contribution in [3.63, 3.8) is 0 Å². The van der Waals surface area contributed by atoms with Gasteiger partial charge in [-0.25, -0.2) is 4.39 Å². The number of methoxy groups -OCH3 is 1. The molecule has 0 aromatic heterocycles. The Morgan fingerprint density at radius 1 is 1.20 bits per heavy atom. The monoisotopic (exact) mass is 290 g/mol. The van der Waals surface area contributed by atoms with Crippen LogP contribution in [0, 0.1) is 12.7 Å². The number of rotatable bonds is 4. The Hall–Kier alpha value is -2.14. The van der Waals surface area contributed by atoms with Crippen LogP contribution in [0.4, 0.5) is 15.8 Å². The van der Waals surface area contributed by atoms with Crippen molar-refractivity contribution >= 4 is 28.6 Å². The third kappa shape index (κ3) is 3.05. The second-order valence-electron chi connectivity index (χ2n) is 4.37. The second kappa shape index (κ2) is 5.88. The van der Waals surface area contributed by atoms with Crippen molar-refractivity contribution in [3.05, 3.63) is 53.3 Å². The summed E-state index contributed by atoms with van der Waals surface area (Å²) in [5.41, 5.74) is 9.07. The topological polar surface area (TPSA) is 47.3 Å². The summed E-state index contributed by atoms with van der Waals surface area (Å²) in [5.74, 6) is -0.190. The molecule has 104 valence electrons. The van der Waals surface area contributed by atoms with Gasteiger partial charge in [0.05, 0.1) is 7.11 Å². The van der Waals surface area contributed by atoms with Crippen LogP contribution < -0.4 is 15.8 Å². The number of thiocarbonyl (C=S) groups is 1. The molecular formula is C15H15FN2OS. The summed E-state index contributed by atoms with van der Waals surface area (Å²) in [4.78, 5) is 0.373. The fourth-order valence-corrected chi connectivity index (χ4v) is 2.15. The fourth-order valence-electron chi connectivity index (χ4n) is 1.92. The van der Waals surface area contributed by atoms with Gasteiger partial charge in [-0.15, -0.1) is 0 Å². The first kappa shape index (κ1) is 14.3. The number of anilines is 2. The average molecular weight is 290 g/mol. The van der Waals surface area contributed by atoms with E-state index >= 15 is 0 Å². The lowest BCUT2D eigenvalue weighted by atomic mass is 10.1. The molecule has 2 aromatic carbocycles. The van der Waals surface area contributed by atoms with Crippen LogP contribution in [0.25, 0.3) is 0 Å². The average Bonchev–Trinajstić information content (AvgIpc) is 2.40. The first-order valence-electron chi connectivity index (χ1n) is 6.02. The number of aryl methyl sites for hydroxylation is 1. The van der Waals surface area contributed by atoms with Crippen LogP contribution >= 0.6 is 12.2 Å². The van der Waals surface area contributed by atoms with Crippen LogP contribution in [0.5, 0.6) is 5.75 Å². The van der Waals surface area contributed by atoms with Crippen molar-refractivity contribution in [1.29, 1.82) is 0 Å².